The zero-order valence-electron chi connectivity index (χ0n) is 15.6. The molecule has 1 amide bonds. The molecule has 1 saturated carbocycles. The molecular formula is C19H26N4O2S2. The van der Waals surface area contributed by atoms with E-state index < -0.39 is 0 Å². The lowest BCUT2D eigenvalue weighted by atomic mass is 9.96. The van der Waals surface area contributed by atoms with Crippen LogP contribution in [0.1, 0.15) is 37.7 Å². The van der Waals surface area contributed by atoms with Crippen molar-refractivity contribution in [2.24, 2.45) is 0 Å². The Hall–Kier alpha value is -1.80. The normalized spacial score (nSPS) is 14.7. The molecule has 0 atom stereocenters. The SMILES string of the molecule is COc1ccccc1CCNC(=O)CSc1nnc(NC2CCCCC2)s1. The van der Waals surface area contributed by atoms with Crippen molar-refractivity contribution in [3.63, 3.8) is 0 Å². The molecule has 1 aromatic carbocycles. The van der Waals surface area contributed by atoms with Crippen LogP contribution in [0.5, 0.6) is 5.75 Å². The Kier molecular flexibility index (Phi) is 7.77. The molecule has 3 rings (SSSR count). The van der Waals surface area contributed by atoms with Crippen molar-refractivity contribution in [3.05, 3.63) is 29.8 Å². The second-order valence-electron chi connectivity index (χ2n) is 6.55. The third-order valence-corrected chi connectivity index (χ3v) is 6.56. The maximum absolute atomic E-state index is 12.1. The van der Waals surface area contributed by atoms with Gasteiger partial charge in [0.1, 0.15) is 5.75 Å². The van der Waals surface area contributed by atoms with Crippen LogP contribution in [0, 0.1) is 0 Å². The van der Waals surface area contributed by atoms with Gasteiger partial charge in [-0.25, -0.2) is 0 Å². The Morgan fingerprint density at radius 3 is 2.89 bits per heavy atom. The number of methoxy groups -OCH3 is 1. The van der Waals surface area contributed by atoms with Crippen molar-refractivity contribution in [3.8, 4) is 5.75 Å². The summed E-state index contributed by atoms with van der Waals surface area (Å²) >= 11 is 2.96. The number of hydrogen-bond donors (Lipinski definition) is 2. The lowest BCUT2D eigenvalue weighted by molar-refractivity contribution is -0.118. The largest absolute Gasteiger partial charge is 0.496 e. The number of anilines is 1. The van der Waals surface area contributed by atoms with Crippen LogP contribution >= 0.6 is 23.1 Å². The molecule has 0 bridgehead atoms. The maximum Gasteiger partial charge on any atom is 0.230 e. The predicted octanol–water partition coefficient (Wildman–Crippen LogP) is 3.74. The Balaban J connectivity index is 1.36. The molecule has 8 heteroatoms. The second-order valence-corrected chi connectivity index (χ2v) is 8.75. The monoisotopic (exact) mass is 406 g/mol. The van der Waals surface area contributed by atoms with Crippen LogP contribution in [0.15, 0.2) is 28.6 Å². The van der Waals surface area contributed by atoms with Crippen molar-refractivity contribution in [2.45, 2.75) is 48.9 Å². The zero-order chi connectivity index (χ0) is 18.9. The first-order valence-electron chi connectivity index (χ1n) is 9.36. The number of para-hydroxylation sites is 1. The first-order chi connectivity index (χ1) is 13.2. The number of amides is 1. The number of benzene rings is 1. The van der Waals surface area contributed by atoms with E-state index in [-0.39, 0.29) is 5.91 Å². The molecule has 146 valence electrons. The summed E-state index contributed by atoms with van der Waals surface area (Å²) in [6.45, 7) is 0.588. The van der Waals surface area contributed by atoms with Crippen LogP contribution in [0.25, 0.3) is 0 Å². The van der Waals surface area contributed by atoms with E-state index in [0.717, 1.165) is 27.2 Å². The van der Waals surface area contributed by atoms with E-state index in [4.69, 9.17) is 4.74 Å². The van der Waals surface area contributed by atoms with Crippen LogP contribution in [-0.4, -0.2) is 41.6 Å². The zero-order valence-corrected chi connectivity index (χ0v) is 17.2. The summed E-state index contributed by atoms with van der Waals surface area (Å²) in [4.78, 5) is 12.1. The molecule has 2 N–H and O–H groups in total. The highest BCUT2D eigenvalue weighted by atomic mass is 32.2. The standard InChI is InChI=1S/C19H26N4O2S2/c1-25-16-10-6-5-7-14(16)11-12-20-17(24)13-26-19-23-22-18(27-19)21-15-8-3-2-4-9-15/h5-7,10,15H,2-4,8-9,11-13H2,1H3,(H,20,24)(H,21,22). The molecule has 0 radical (unpaired) electrons. The number of nitrogens with zero attached hydrogens (tertiary/aromatic N) is 2. The van der Waals surface area contributed by atoms with Crippen LogP contribution in [0.4, 0.5) is 5.13 Å². The summed E-state index contributed by atoms with van der Waals surface area (Å²) in [6, 6.07) is 8.38. The predicted molar refractivity (Wildman–Crippen MR) is 111 cm³/mol. The van der Waals surface area contributed by atoms with Crippen LogP contribution in [-0.2, 0) is 11.2 Å². The van der Waals surface area contributed by atoms with Crippen LogP contribution < -0.4 is 15.4 Å². The van der Waals surface area contributed by atoms with Gasteiger partial charge in [0.2, 0.25) is 11.0 Å². The molecule has 0 aliphatic heterocycles. The molecule has 0 unspecified atom stereocenters. The Bertz CT molecular complexity index is 732. The highest BCUT2D eigenvalue weighted by Gasteiger charge is 2.15. The van der Waals surface area contributed by atoms with E-state index in [1.54, 1.807) is 7.11 Å². The minimum Gasteiger partial charge on any atom is -0.496 e. The topological polar surface area (TPSA) is 76.1 Å². The van der Waals surface area contributed by atoms with E-state index in [1.165, 1.54) is 55.2 Å². The minimum absolute atomic E-state index is 0.00638. The molecule has 1 aliphatic rings. The molecule has 1 aromatic heterocycles. The first-order valence-corrected chi connectivity index (χ1v) is 11.2. The molecule has 1 aliphatic carbocycles. The van der Waals surface area contributed by atoms with Gasteiger partial charge in [-0.1, -0.05) is 60.6 Å². The summed E-state index contributed by atoms with van der Waals surface area (Å²) < 4.78 is 6.16. The van der Waals surface area contributed by atoms with E-state index in [0.29, 0.717) is 18.3 Å². The summed E-state index contributed by atoms with van der Waals surface area (Å²) in [5, 5.41) is 15.7. The molecule has 0 spiro atoms. The van der Waals surface area contributed by atoms with Crippen molar-refractivity contribution >= 4 is 34.1 Å². The molecule has 1 heterocycles. The van der Waals surface area contributed by atoms with Gasteiger partial charge in [-0.05, 0) is 30.9 Å². The number of carbonyl (C=O) groups is 1. The van der Waals surface area contributed by atoms with Crippen molar-refractivity contribution < 1.29 is 9.53 Å². The van der Waals surface area contributed by atoms with Crippen LogP contribution in [0.2, 0.25) is 0 Å². The van der Waals surface area contributed by atoms with Gasteiger partial charge in [-0.3, -0.25) is 4.79 Å². The van der Waals surface area contributed by atoms with Crippen LogP contribution in [0.3, 0.4) is 0 Å². The minimum atomic E-state index is 0.00638. The maximum atomic E-state index is 12.1. The van der Waals surface area contributed by atoms with Gasteiger partial charge in [-0.15, -0.1) is 10.2 Å². The van der Waals surface area contributed by atoms with Gasteiger partial charge < -0.3 is 15.4 Å². The smallest absolute Gasteiger partial charge is 0.230 e. The molecule has 6 nitrogen and oxygen atoms in total. The third-order valence-electron chi connectivity index (χ3n) is 4.57. The number of ether oxygens (including phenoxy) is 1. The van der Waals surface area contributed by atoms with Gasteiger partial charge in [0, 0.05) is 12.6 Å². The van der Waals surface area contributed by atoms with E-state index in [1.807, 2.05) is 24.3 Å². The van der Waals surface area contributed by atoms with E-state index in [9.17, 15) is 4.79 Å². The van der Waals surface area contributed by atoms with Gasteiger partial charge >= 0.3 is 0 Å². The molecule has 0 saturated heterocycles. The number of aromatic nitrogens is 2. The Labute approximate surface area is 168 Å². The van der Waals surface area contributed by atoms with Crippen molar-refractivity contribution in [1.29, 1.82) is 0 Å². The fourth-order valence-electron chi connectivity index (χ4n) is 3.17. The highest BCUT2D eigenvalue weighted by Crippen LogP contribution is 2.28. The Morgan fingerprint density at radius 1 is 1.26 bits per heavy atom. The average molecular weight is 407 g/mol. The van der Waals surface area contributed by atoms with E-state index >= 15 is 0 Å². The average Bonchev–Trinajstić information content (AvgIpc) is 3.15. The first kappa shape index (κ1) is 19.9. The highest BCUT2D eigenvalue weighted by molar-refractivity contribution is 8.01. The summed E-state index contributed by atoms with van der Waals surface area (Å²) in [5.41, 5.74) is 1.09. The lowest BCUT2D eigenvalue weighted by Crippen LogP contribution is -2.27. The Morgan fingerprint density at radius 2 is 2.07 bits per heavy atom. The van der Waals surface area contributed by atoms with Gasteiger partial charge in [0.15, 0.2) is 4.34 Å². The molecule has 27 heavy (non-hydrogen) atoms. The van der Waals surface area contributed by atoms with Crippen molar-refractivity contribution in [1.82, 2.24) is 15.5 Å². The lowest BCUT2D eigenvalue weighted by Gasteiger charge is -2.21. The van der Waals surface area contributed by atoms with Gasteiger partial charge in [0.25, 0.3) is 0 Å². The van der Waals surface area contributed by atoms with E-state index in [2.05, 4.69) is 20.8 Å². The van der Waals surface area contributed by atoms with Gasteiger partial charge in [0.05, 0.1) is 12.9 Å². The summed E-state index contributed by atoms with van der Waals surface area (Å²) in [7, 11) is 1.66. The number of carbonyl (C=O) groups excluding carboxylic acids is 1. The fraction of sp³-hybridized carbons (Fsp3) is 0.526. The fourth-order valence-corrected chi connectivity index (χ4v) is 4.83. The van der Waals surface area contributed by atoms with Gasteiger partial charge in [-0.2, -0.15) is 0 Å². The number of nitrogens with one attached hydrogen (secondary N) is 2. The second kappa shape index (κ2) is 10.5. The summed E-state index contributed by atoms with van der Waals surface area (Å²) in [5.74, 6) is 1.21. The summed E-state index contributed by atoms with van der Waals surface area (Å²) in [6.07, 6.45) is 7.06. The molecule has 2 aromatic rings. The molecular weight excluding hydrogens is 380 g/mol. The third kappa shape index (κ3) is 6.39. The number of hydrogen-bond acceptors (Lipinski definition) is 7. The number of rotatable bonds is 9. The number of thioether (sulfide) groups is 1. The quantitative estimate of drug-likeness (QED) is 0.618. The van der Waals surface area contributed by atoms with Crippen molar-refractivity contribution in [2.75, 3.05) is 24.7 Å². The molecule has 1 fully saturated rings.